The number of amides is 1. The lowest BCUT2D eigenvalue weighted by molar-refractivity contribution is -0.142. The third kappa shape index (κ3) is 2.59. The molecule has 0 radical (unpaired) electrons. The number of hydrogen-bond donors (Lipinski definition) is 1. The normalized spacial score (nSPS) is 15.0. The maximum atomic E-state index is 13.3. The lowest BCUT2D eigenvalue weighted by Gasteiger charge is -2.09. The minimum atomic E-state index is -4.69. The second-order valence-electron chi connectivity index (χ2n) is 5.40. The third-order valence-corrected chi connectivity index (χ3v) is 3.49. The Bertz CT molecular complexity index is 913. The number of fused-ring (bicyclic) bond motifs is 1. The Morgan fingerprint density at radius 1 is 1.33 bits per heavy atom. The topological polar surface area (TPSA) is 85.3 Å². The van der Waals surface area contributed by atoms with E-state index in [9.17, 15) is 18.0 Å². The van der Waals surface area contributed by atoms with Gasteiger partial charge >= 0.3 is 6.18 Å². The molecule has 3 aromatic rings. The van der Waals surface area contributed by atoms with E-state index in [-0.39, 0.29) is 29.1 Å². The summed E-state index contributed by atoms with van der Waals surface area (Å²) in [5, 5.41) is 6.29. The Hall–Kier alpha value is -2.91. The van der Waals surface area contributed by atoms with Crippen LogP contribution in [0.4, 0.5) is 13.2 Å². The third-order valence-electron chi connectivity index (χ3n) is 3.49. The van der Waals surface area contributed by atoms with Crippen molar-refractivity contribution in [2.24, 2.45) is 0 Å². The van der Waals surface area contributed by atoms with Crippen molar-refractivity contribution in [1.82, 2.24) is 24.9 Å². The highest BCUT2D eigenvalue weighted by Gasteiger charge is 2.36. The van der Waals surface area contributed by atoms with E-state index in [4.69, 9.17) is 4.42 Å². The molecule has 1 N–H and O–H groups in total. The maximum absolute atomic E-state index is 13.3. The van der Waals surface area contributed by atoms with Gasteiger partial charge in [-0.05, 0) is 31.0 Å². The first-order chi connectivity index (χ1) is 11.4. The van der Waals surface area contributed by atoms with Gasteiger partial charge in [0.25, 0.3) is 11.7 Å². The summed E-state index contributed by atoms with van der Waals surface area (Å²) in [6.45, 7) is 0. The summed E-state index contributed by atoms with van der Waals surface area (Å²) in [7, 11) is 0. The molecule has 1 fully saturated rings. The second kappa shape index (κ2) is 5.05. The summed E-state index contributed by atoms with van der Waals surface area (Å²) in [5.41, 5.74) is -1.13. The predicted molar refractivity (Wildman–Crippen MR) is 74.0 cm³/mol. The molecule has 1 amide bonds. The quantitative estimate of drug-likeness (QED) is 0.793. The van der Waals surface area contributed by atoms with Crippen molar-refractivity contribution in [3.05, 3.63) is 36.0 Å². The molecule has 124 valence electrons. The van der Waals surface area contributed by atoms with Crippen molar-refractivity contribution in [3.8, 4) is 11.5 Å². The van der Waals surface area contributed by atoms with Crippen LogP contribution in [-0.2, 0) is 6.18 Å². The van der Waals surface area contributed by atoms with Crippen molar-refractivity contribution < 1.29 is 22.4 Å². The zero-order valence-electron chi connectivity index (χ0n) is 12.0. The van der Waals surface area contributed by atoms with Gasteiger partial charge in [-0.15, -0.1) is 5.10 Å². The minimum Gasteiger partial charge on any atom is -0.463 e. The number of alkyl halides is 3. The lowest BCUT2D eigenvalue weighted by Crippen LogP contribution is -2.26. The summed E-state index contributed by atoms with van der Waals surface area (Å²) in [6.07, 6.45) is -1.69. The molecule has 0 unspecified atom stereocenters. The molecule has 0 atom stereocenters. The van der Waals surface area contributed by atoms with E-state index < -0.39 is 17.8 Å². The number of rotatable bonds is 3. The summed E-state index contributed by atoms with van der Waals surface area (Å²) < 4.78 is 45.6. The van der Waals surface area contributed by atoms with Gasteiger partial charge in [-0.25, -0.2) is 4.98 Å². The fourth-order valence-electron chi connectivity index (χ4n) is 2.19. The SMILES string of the molecule is O=C(NC1CC1)c1nc2nc(-c3ccco3)cc(C(F)(F)F)n2n1. The summed E-state index contributed by atoms with van der Waals surface area (Å²) in [6, 6.07) is 3.87. The first kappa shape index (κ1) is 14.7. The van der Waals surface area contributed by atoms with Crippen LogP contribution in [0.3, 0.4) is 0 Å². The van der Waals surface area contributed by atoms with Gasteiger partial charge in [-0.1, -0.05) is 0 Å². The van der Waals surface area contributed by atoms with Crippen molar-refractivity contribution in [2.75, 3.05) is 0 Å². The molecule has 10 heteroatoms. The van der Waals surface area contributed by atoms with Crippen LogP contribution in [0, 0.1) is 0 Å². The number of nitrogens with one attached hydrogen (secondary N) is 1. The van der Waals surface area contributed by atoms with E-state index in [0.717, 1.165) is 18.9 Å². The van der Waals surface area contributed by atoms with Gasteiger partial charge in [0.1, 0.15) is 5.69 Å². The molecule has 1 aliphatic rings. The molecule has 0 bridgehead atoms. The fourth-order valence-corrected chi connectivity index (χ4v) is 2.19. The standard InChI is InChI=1S/C14H10F3N5O2/c15-14(16,17)10-6-8(9-2-1-5-24-9)19-13-20-11(21-22(10)13)12(23)18-7-3-4-7/h1-2,5-7H,3-4H2,(H,18,23). The van der Waals surface area contributed by atoms with Crippen molar-refractivity contribution in [1.29, 1.82) is 0 Å². The lowest BCUT2D eigenvalue weighted by atomic mass is 10.2. The molecule has 0 aliphatic heterocycles. The van der Waals surface area contributed by atoms with Gasteiger partial charge in [0.2, 0.25) is 5.82 Å². The number of furan rings is 1. The van der Waals surface area contributed by atoms with Crippen molar-refractivity contribution in [3.63, 3.8) is 0 Å². The molecule has 7 nitrogen and oxygen atoms in total. The highest BCUT2D eigenvalue weighted by Crippen LogP contribution is 2.32. The molecule has 1 aliphatic carbocycles. The van der Waals surface area contributed by atoms with E-state index in [2.05, 4.69) is 20.4 Å². The molecule has 0 spiro atoms. The highest BCUT2D eigenvalue weighted by atomic mass is 19.4. The van der Waals surface area contributed by atoms with Crippen LogP contribution in [0.2, 0.25) is 0 Å². The van der Waals surface area contributed by atoms with Gasteiger partial charge in [-0.2, -0.15) is 22.7 Å². The Kier molecular flexibility index (Phi) is 3.08. The Morgan fingerprint density at radius 3 is 2.75 bits per heavy atom. The molecule has 0 saturated heterocycles. The van der Waals surface area contributed by atoms with Crippen molar-refractivity contribution in [2.45, 2.75) is 25.1 Å². The van der Waals surface area contributed by atoms with Crippen LogP contribution in [0.15, 0.2) is 28.9 Å². The van der Waals surface area contributed by atoms with Gasteiger partial charge in [0.05, 0.1) is 6.26 Å². The molecule has 0 aromatic carbocycles. The highest BCUT2D eigenvalue weighted by molar-refractivity contribution is 5.91. The zero-order valence-corrected chi connectivity index (χ0v) is 12.0. The van der Waals surface area contributed by atoms with E-state index in [0.29, 0.717) is 4.52 Å². The predicted octanol–water partition coefficient (Wildman–Crippen LogP) is 2.30. The molecule has 1 saturated carbocycles. The Balaban J connectivity index is 1.85. The van der Waals surface area contributed by atoms with E-state index in [1.165, 1.54) is 18.4 Å². The van der Waals surface area contributed by atoms with Gasteiger partial charge < -0.3 is 9.73 Å². The van der Waals surface area contributed by atoms with E-state index in [1.807, 2.05) is 0 Å². The minimum absolute atomic E-state index is 0.0397. The maximum Gasteiger partial charge on any atom is 0.433 e. The molecule has 4 rings (SSSR count). The van der Waals surface area contributed by atoms with Crippen LogP contribution in [0.25, 0.3) is 17.2 Å². The van der Waals surface area contributed by atoms with Gasteiger partial charge in [-0.3, -0.25) is 4.79 Å². The van der Waals surface area contributed by atoms with E-state index >= 15 is 0 Å². The largest absolute Gasteiger partial charge is 0.463 e. The second-order valence-corrected chi connectivity index (χ2v) is 5.40. The van der Waals surface area contributed by atoms with Crippen LogP contribution in [0.1, 0.15) is 29.2 Å². The van der Waals surface area contributed by atoms with Crippen LogP contribution >= 0.6 is 0 Å². The monoisotopic (exact) mass is 337 g/mol. The first-order valence-corrected chi connectivity index (χ1v) is 7.11. The Labute approximate surface area is 132 Å². The molecule has 24 heavy (non-hydrogen) atoms. The summed E-state index contributed by atoms with van der Waals surface area (Å²) >= 11 is 0. The number of aromatic nitrogens is 4. The molecule has 3 aromatic heterocycles. The first-order valence-electron chi connectivity index (χ1n) is 7.11. The number of carbonyl (C=O) groups is 1. The Morgan fingerprint density at radius 2 is 2.12 bits per heavy atom. The van der Waals surface area contributed by atoms with Gasteiger partial charge in [0, 0.05) is 6.04 Å². The van der Waals surface area contributed by atoms with E-state index in [1.54, 1.807) is 0 Å². The number of hydrogen-bond acceptors (Lipinski definition) is 5. The van der Waals surface area contributed by atoms with Crippen LogP contribution in [0.5, 0.6) is 0 Å². The number of halogens is 3. The fraction of sp³-hybridized carbons (Fsp3) is 0.286. The molecular weight excluding hydrogens is 327 g/mol. The molecule has 3 heterocycles. The zero-order chi connectivity index (χ0) is 16.9. The summed E-state index contributed by atoms with van der Waals surface area (Å²) in [5.74, 6) is -1.13. The van der Waals surface area contributed by atoms with Crippen LogP contribution in [-0.4, -0.2) is 31.5 Å². The number of nitrogens with zero attached hydrogens (tertiary/aromatic N) is 4. The average molecular weight is 337 g/mol. The summed E-state index contributed by atoms with van der Waals surface area (Å²) in [4.78, 5) is 19.8. The van der Waals surface area contributed by atoms with Crippen molar-refractivity contribution >= 4 is 11.7 Å². The average Bonchev–Trinajstić information content (AvgIpc) is 3.04. The van der Waals surface area contributed by atoms with Crippen LogP contribution < -0.4 is 5.32 Å². The molecular formula is C14H10F3N5O2. The number of carbonyl (C=O) groups excluding carboxylic acids is 1. The smallest absolute Gasteiger partial charge is 0.433 e. The van der Waals surface area contributed by atoms with Gasteiger partial charge in [0.15, 0.2) is 11.5 Å².